The number of carbonyl (C=O) groups excluding carboxylic acids is 2. The predicted molar refractivity (Wildman–Crippen MR) is 114 cm³/mol. The molecule has 0 spiro atoms. The molecule has 4 rings (SSSR count). The molecule has 0 bridgehead atoms. The van der Waals surface area contributed by atoms with Gasteiger partial charge in [0.1, 0.15) is 0 Å². The Morgan fingerprint density at radius 3 is 2.45 bits per heavy atom. The monoisotopic (exact) mass is 421 g/mol. The Labute approximate surface area is 179 Å². The SMILES string of the molecule is COc1ccc(NC(=O)COC(=O)c2cc(C3CC3)nn2-c2ccccc2)cc1OC. The first-order valence-corrected chi connectivity index (χ1v) is 9.93. The largest absolute Gasteiger partial charge is 0.493 e. The van der Waals surface area contributed by atoms with Crippen molar-refractivity contribution >= 4 is 17.6 Å². The number of anilines is 1. The molecule has 31 heavy (non-hydrogen) atoms. The summed E-state index contributed by atoms with van der Waals surface area (Å²) in [5.74, 6) is 0.341. The number of ether oxygens (including phenoxy) is 3. The topological polar surface area (TPSA) is 91.7 Å². The molecule has 1 aromatic heterocycles. The summed E-state index contributed by atoms with van der Waals surface area (Å²) in [4.78, 5) is 25.0. The zero-order valence-electron chi connectivity index (χ0n) is 17.3. The second-order valence-corrected chi connectivity index (χ2v) is 7.17. The number of benzene rings is 2. The number of hydrogen-bond acceptors (Lipinski definition) is 6. The van der Waals surface area contributed by atoms with Gasteiger partial charge in [0, 0.05) is 17.7 Å². The van der Waals surface area contributed by atoms with E-state index in [1.807, 2.05) is 30.3 Å². The van der Waals surface area contributed by atoms with E-state index in [1.54, 1.807) is 28.9 Å². The summed E-state index contributed by atoms with van der Waals surface area (Å²) in [6, 6.07) is 16.1. The first-order chi connectivity index (χ1) is 15.1. The average Bonchev–Trinajstić information content (AvgIpc) is 3.56. The summed E-state index contributed by atoms with van der Waals surface area (Å²) >= 11 is 0. The third kappa shape index (κ3) is 4.69. The quantitative estimate of drug-likeness (QED) is 0.559. The number of aromatic nitrogens is 2. The van der Waals surface area contributed by atoms with Gasteiger partial charge in [-0.25, -0.2) is 9.48 Å². The minimum Gasteiger partial charge on any atom is -0.493 e. The maximum Gasteiger partial charge on any atom is 0.357 e. The molecule has 2 aromatic carbocycles. The second kappa shape index (κ2) is 8.91. The molecule has 1 aliphatic rings. The first-order valence-electron chi connectivity index (χ1n) is 9.93. The second-order valence-electron chi connectivity index (χ2n) is 7.17. The Morgan fingerprint density at radius 1 is 1.03 bits per heavy atom. The van der Waals surface area contributed by atoms with E-state index in [9.17, 15) is 9.59 Å². The van der Waals surface area contributed by atoms with Crippen LogP contribution >= 0.6 is 0 Å². The van der Waals surface area contributed by atoms with Crippen molar-refractivity contribution in [1.82, 2.24) is 9.78 Å². The van der Waals surface area contributed by atoms with E-state index in [0.29, 0.717) is 28.8 Å². The lowest BCUT2D eigenvalue weighted by Gasteiger charge is -2.11. The van der Waals surface area contributed by atoms with Crippen molar-refractivity contribution in [3.05, 3.63) is 66.0 Å². The average molecular weight is 421 g/mol. The van der Waals surface area contributed by atoms with Gasteiger partial charge in [0.15, 0.2) is 23.8 Å². The minimum absolute atomic E-state index is 0.298. The predicted octanol–water partition coefficient (Wildman–Crippen LogP) is 3.56. The number of hydrogen-bond donors (Lipinski definition) is 1. The van der Waals surface area contributed by atoms with Crippen LogP contribution in [0.25, 0.3) is 5.69 Å². The molecule has 8 nitrogen and oxygen atoms in total. The van der Waals surface area contributed by atoms with Crippen LogP contribution in [-0.2, 0) is 9.53 Å². The van der Waals surface area contributed by atoms with E-state index in [-0.39, 0.29) is 0 Å². The molecule has 1 N–H and O–H groups in total. The highest BCUT2D eigenvalue weighted by molar-refractivity contribution is 5.95. The number of nitrogens with zero attached hydrogens (tertiary/aromatic N) is 2. The van der Waals surface area contributed by atoms with Crippen LogP contribution in [-0.4, -0.2) is 42.5 Å². The Kier molecular flexibility index (Phi) is 5.88. The van der Waals surface area contributed by atoms with Gasteiger partial charge in [0.2, 0.25) is 0 Å². The molecular weight excluding hydrogens is 398 g/mol. The molecule has 1 heterocycles. The van der Waals surface area contributed by atoms with Gasteiger partial charge in [-0.1, -0.05) is 18.2 Å². The maximum atomic E-state index is 12.7. The number of nitrogens with one attached hydrogen (secondary N) is 1. The van der Waals surface area contributed by atoms with Crippen molar-refractivity contribution in [3.63, 3.8) is 0 Å². The van der Waals surface area contributed by atoms with E-state index >= 15 is 0 Å². The zero-order valence-corrected chi connectivity index (χ0v) is 17.3. The Balaban J connectivity index is 1.43. The molecular formula is C23H23N3O5. The van der Waals surface area contributed by atoms with Crippen LogP contribution in [0.3, 0.4) is 0 Å². The van der Waals surface area contributed by atoms with Gasteiger partial charge in [-0.2, -0.15) is 5.10 Å². The lowest BCUT2D eigenvalue weighted by atomic mass is 10.2. The summed E-state index contributed by atoms with van der Waals surface area (Å²) in [7, 11) is 3.04. The van der Waals surface area contributed by atoms with E-state index in [4.69, 9.17) is 14.2 Å². The van der Waals surface area contributed by atoms with Crippen LogP contribution in [0.2, 0.25) is 0 Å². The van der Waals surface area contributed by atoms with Crippen molar-refractivity contribution in [2.75, 3.05) is 26.1 Å². The highest BCUT2D eigenvalue weighted by Crippen LogP contribution is 2.39. The van der Waals surface area contributed by atoms with Gasteiger partial charge in [0.05, 0.1) is 25.6 Å². The fourth-order valence-electron chi connectivity index (χ4n) is 3.21. The number of rotatable bonds is 8. The Hall–Kier alpha value is -3.81. The third-order valence-electron chi connectivity index (χ3n) is 4.94. The first kappa shape index (κ1) is 20.5. The molecule has 1 saturated carbocycles. The Morgan fingerprint density at radius 2 is 1.77 bits per heavy atom. The number of para-hydroxylation sites is 1. The molecule has 0 aliphatic heterocycles. The van der Waals surface area contributed by atoms with Gasteiger partial charge in [-0.3, -0.25) is 4.79 Å². The summed E-state index contributed by atoms with van der Waals surface area (Å²) in [5, 5.41) is 7.26. The van der Waals surface area contributed by atoms with Crippen molar-refractivity contribution in [1.29, 1.82) is 0 Å². The normalized spacial score (nSPS) is 12.8. The van der Waals surface area contributed by atoms with E-state index in [2.05, 4.69) is 10.4 Å². The molecule has 0 atom stereocenters. The van der Waals surface area contributed by atoms with Crippen molar-refractivity contribution in [2.45, 2.75) is 18.8 Å². The molecule has 8 heteroatoms. The number of carbonyl (C=O) groups is 2. The zero-order chi connectivity index (χ0) is 21.8. The van der Waals surface area contributed by atoms with Gasteiger partial charge >= 0.3 is 5.97 Å². The van der Waals surface area contributed by atoms with Crippen molar-refractivity contribution < 1.29 is 23.8 Å². The lowest BCUT2D eigenvalue weighted by Crippen LogP contribution is -2.22. The van der Waals surface area contributed by atoms with Crippen LogP contribution in [0.5, 0.6) is 11.5 Å². The lowest BCUT2D eigenvalue weighted by molar-refractivity contribution is -0.119. The fourth-order valence-corrected chi connectivity index (χ4v) is 3.21. The van der Waals surface area contributed by atoms with Crippen LogP contribution in [0.4, 0.5) is 5.69 Å². The van der Waals surface area contributed by atoms with E-state index in [1.165, 1.54) is 14.2 Å². The smallest absolute Gasteiger partial charge is 0.357 e. The fraction of sp³-hybridized carbons (Fsp3) is 0.261. The van der Waals surface area contributed by atoms with Crippen LogP contribution in [0.15, 0.2) is 54.6 Å². The van der Waals surface area contributed by atoms with E-state index in [0.717, 1.165) is 24.2 Å². The molecule has 1 amide bonds. The number of amides is 1. The Bertz CT molecular complexity index is 1090. The highest BCUT2D eigenvalue weighted by Gasteiger charge is 2.29. The van der Waals surface area contributed by atoms with Gasteiger partial charge in [-0.05, 0) is 43.2 Å². The summed E-state index contributed by atoms with van der Waals surface area (Å²) < 4.78 is 17.2. The van der Waals surface area contributed by atoms with Gasteiger partial charge in [-0.15, -0.1) is 0 Å². The van der Waals surface area contributed by atoms with Crippen LogP contribution in [0.1, 0.15) is 34.9 Å². The molecule has 3 aromatic rings. The standard InChI is InChI=1S/C23H23N3O5/c1-29-20-11-10-16(12-21(20)30-2)24-22(27)14-31-23(28)19-13-18(15-8-9-15)25-26(19)17-6-4-3-5-7-17/h3-7,10-13,15H,8-9,14H2,1-2H3,(H,24,27). The number of esters is 1. The molecule has 0 unspecified atom stereocenters. The third-order valence-corrected chi connectivity index (χ3v) is 4.94. The van der Waals surface area contributed by atoms with E-state index < -0.39 is 18.5 Å². The summed E-state index contributed by atoms with van der Waals surface area (Å²) in [5.41, 5.74) is 2.43. The van der Waals surface area contributed by atoms with Gasteiger partial charge in [0.25, 0.3) is 5.91 Å². The molecule has 1 aliphatic carbocycles. The van der Waals surface area contributed by atoms with Crippen LogP contribution in [0, 0.1) is 0 Å². The summed E-state index contributed by atoms with van der Waals surface area (Å²) in [6.45, 7) is -0.425. The molecule has 0 saturated heterocycles. The van der Waals surface area contributed by atoms with Crippen LogP contribution < -0.4 is 14.8 Å². The molecule has 1 fully saturated rings. The molecule has 160 valence electrons. The van der Waals surface area contributed by atoms with Crippen molar-refractivity contribution in [3.8, 4) is 17.2 Å². The summed E-state index contributed by atoms with van der Waals surface area (Å²) in [6.07, 6.45) is 2.13. The maximum absolute atomic E-state index is 12.7. The molecule has 0 radical (unpaired) electrons. The number of methoxy groups -OCH3 is 2. The van der Waals surface area contributed by atoms with Crippen molar-refractivity contribution in [2.24, 2.45) is 0 Å². The van der Waals surface area contributed by atoms with Gasteiger partial charge < -0.3 is 19.5 Å². The minimum atomic E-state index is -0.606. The highest BCUT2D eigenvalue weighted by atomic mass is 16.5.